The van der Waals surface area contributed by atoms with Crippen molar-refractivity contribution >= 4 is 29.2 Å². The van der Waals surface area contributed by atoms with E-state index in [-0.39, 0.29) is 18.3 Å². The largest absolute Gasteiger partial charge is 0.457 e. The van der Waals surface area contributed by atoms with Crippen molar-refractivity contribution < 1.29 is 9.53 Å². The van der Waals surface area contributed by atoms with Gasteiger partial charge in [-0.15, -0.1) is 0 Å². The predicted octanol–water partition coefficient (Wildman–Crippen LogP) is 5.20. The molecular weight excluding hydrogens is 474 g/mol. The minimum Gasteiger partial charge on any atom is -0.457 e. The average Bonchev–Trinajstić information content (AvgIpc) is 3.40. The first-order valence-corrected chi connectivity index (χ1v) is 12.6. The van der Waals surface area contributed by atoms with E-state index < -0.39 is 6.04 Å². The molecule has 0 aliphatic carbocycles. The number of carbonyl (C=O) groups is 1. The fourth-order valence-electron chi connectivity index (χ4n) is 4.11. The van der Waals surface area contributed by atoms with Gasteiger partial charge in [-0.05, 0) is 80.0 Å². The molecule has 0 spiro atoms. The van der Waals surface area contributed by atoms with Gasteiger partial charge in [0.2, 0.25) is 5.91 Å². The Labute approximate surface area is 217 Å². The van der Waals surface area contributed by atoms with Crippen molar-refractivity contribution in [3.05, 3.63) is 89.4 Å². The Kier molecular flexibility index (Phi) is 9.19. The van der Waals surface area contributed by atoms with Crippen LogP contribution in [0.3, 0.4) is 0 Å². The fraction of sp³-hybridized carbons (Fsp3) is 0.286. The van der Waals surface area contributed by atoms with E-state index in [0.29, 0.717) is 23.1 Å². The number of hydrogen-bond acceptors (Lipinski definition) is 4. The van der Waals surface area contributed by atoms with Gasteiger partial charge in [-0.2, -0.15) is 0 Å². The van der Waals surface area contributed by atoms with Crippen molar-refractivity contribution in [3.8, 4) is 11.5 Å². The van der Waals surface area contributed by atoms with Crippen molar-refractivity contribution in [2.75, 3.05) is 31.5 Å². The summed E-state index contributed by atoms with van der Waals surface area (Å²) in [5, 5.41) is 6.80. The summed E-state index contributed by atoms with van der Waals surface area (Å²) >= 11 is 5.92. The van der Waals surface area contributed by atoms with Crippen LogP contribution in [-0.4, -0.2) is 42.9 Å². The normalized spacial score (nSPS) is 14.9. The molecule has 7 nitrogen and oxygen atoms in total. The highest BCUT2D eigenvalue weighted by atomic mass is 35.5. The molecular formula is C28H32ClN5O2. The van der Waals surface area contributed by atoms with Gasteiger partial charge in [0.25, 0.3) is 0 Å². The second-order valence-electron chi connectivity index (χ2n) is 8.75. The van der Waals surface area contributed by atoms with Crippen molar-refractivity contribution in [2.45, 2.75) is 25.3 Å². The van der Waals surface area contributed by atoms with Gasteiger partial charge in [0, 0.05) is 23.8 Å². The van der Waals surface area contributed by atoms with Crippen LogP contribution in [0, 0.1) is 0 Å². The Balaban J connectivity index is 1.35. The number of aliphatic imine (C=N–C) groups is 1. The summed E-state index contributed by atoms with van der Waals surface area (Å²) in [6.07, 6.45) is 2.70. The number of nitrogens with zero attached hydrogens (tertiary/aromatic N) is 2. The van der Waals surface area contributed by atoms with Gasteiger partial charge in [-0.1, -0.05) is 41.9 Å². The average molecular weight is 506 g/mol. The zero-order valence-electron chi connectivity index (χ0n) is 20.2. The van der Waals surface area contributed by atoms with Gasteiger partial charge < -0.3 is 26.0 Å². The van der Waals surface area contributed by atoms with Crippen molar-refractivity contribution in [1.29, 1.82) is 0 Å². The highest BCUT2D eigenvalue weighted by molar-refractivity contribution is 6.30. The summed E-state index contributed by atoms with van der Waals surface area (Å²) in [6.45, 7) is 3.75. The molecule has 1 heterocycles. The van der Waals surface area contributed by atoms with Crippen LogP contribution >= 0.6 is 11.6 Å². The fourth-order valence-corrected chi connectivity index (χ4v) is 4.24. The van der Waals surface area contributed by atoms with Gasteiger partial charge in [-0.25, -0.2) is 4.99 Å². The topological polar surface area (TPSA) is 92.0 Å². The van der Waals surface area contributed by atoms with Gasteiger partial charge in [-0.3, -0.25) is 4.79 Å². The maximum absolute atomic E-state index is 12.7. The molecule has 1 unspecified atom stereocenters. The lowest BCUT2D eigenvalue weighted by Crippen LogP contribution is -2.34. The van der Waals surface area contributed by atoms with Gasteiger partial charge >= 0.3 is 0 Å². The molecule has 1 fully saturated rings. The Bertz CT molecular complexity index is 1130. The summed E-state index contributed by atoms with van der Waals surface area (Å²) in [5.74, 6) is 1.58. The molecule has 4 rings (SSSR count). The summed E-state index contributed by atoms with van der Waals surface area (Å²) < 4.78 is 5.83. The number of benzene rings is 3. The smallest absolute Gasteiger partial charge is 0.222 e. The molecule has 1 aliphatic heterocycles. The third-order valence-electron chi connectivity index (χ3n) is 5.98. The lowest BCUT2D eigenvalue weighted by molar-refractivity contribution is -0.121. The number of guanidine groups is 1. The highest BCUT2D eigenvalue weighted by Gasteiger charge is 2.17. The molecule has 3 aromatic rings. The van der Waals surface area contributed by atoms with Crippen LogP contribution in [0.5, 0.6) is 11.5 Å². The van der Waals surface area contributed by atoms with E-state index in [9.17, 15) is 4.79 Å². The number of nitrogens with two attached hydrogens (primary N) is 1. The van der Waals surface area contributed by atoms with Gasteiger partial charge in [0.1, 0.15) is 11.5 Å². The Morgan fingerprint density at radius 2 is 1.61 bits per heavy atom. The van der Waals surface area contributed by atoms with E-state index in [1.165, 1.54) is 12.8 Å². The van der Waals surface area contributed by atoms with E-state index in [1.807, 2.05) is 66.7 Å². The van der Waals surface area contributed by atoms with Crippen LogP contribution in [0.2, 0.25) is 5.02 Å². The first-order valence-electron chi connectivity index (χ1n) is 12.2. The van der Waals surface area contributed by atoms with Crippen LogP contribution in [-0.2, 0) is 4.79 Å². The molecule has 0 radical (unpaired) electrons. The molecule has 4 N–H and O–H groups in total. The number of rotatable bonds is 10. The summed E-state index contributed by atoms with van der Waals surface area (Å²) in [7, 11) is 0. The minimum absolute atomic E-state index is 0.0386. The van der Waals surface area contributed by atoms with E-state index >= 15 is 0 Å². The maximum Gasteiger partial charge on any atom is 0.222 e. The number of amides is 1. The molecule has 0 aromatic heterocycles. The second kappa shape index (κ2) is 13.0. The van der Waals surface area contributed by atoms with E-state index in [2.05, 4.69) is 20.5 Å². The Morgan fingerprint density at radius 1 is 0.972 bits per heavy atom. The molecule has 1 saturated heterocycles. The minimum atomic E-state index is -0.391. The molecule has 0 saturated carbocycles. The van der Waals surface area contributed by atoms with Crippen LogP contribution < -0.4 is 21.1 Å². The number of anilines is 1. The monoisotopic (exact) mass is 505 g/mol. The summed E-state index contributed by atoms with van der Waals surface area (Å²) in [6, 6.07) is 23.9. The maximum atomic E-state index is 12.7. The Hall–Kier alpha value is -3.55. The lowest BCUT2D eigenvalue weighted by Gasteiger charge is -2.17. The number of hydrogen-bond donors (Lipinski definition) is 3. The molecule has 0 bridgehead atoms. The van der Waals surface area contributed by atoms with Crippen LogP contribution in [0.1, 0.15) is 30.9 Å². The SMILES string of the molecule is NC(=NC(CC(=O)NCCN1CCCC1)c1ccccc1)Nc1ccc(Oc2ccc(Cl)cc2)cc1. The second-order valence-corrected chi connectivity index (χ2v) is 9.19. The van der Waals surface area contributed by atoms with Crippen LogP contribution in [0.25, 0.3) is 0 Å². The van der Waals surface area contributed by atoms with Gasteiger partial charge in [0.15, 0.2) is 5.96 Å². The first kappa shape index (κ1) is 25.5. The number of ether oxygens (including phenoxy) is 1. The van der Waals surface area contributed by atoms with Crippen molar-refractivity contribution in [2.24, 2.45) is 10.7 Å². The van der Waals surface area contributed by atoms with Crippen molar-refractivity contribution in [3.63, 3.8) is 0 Å². The third-order valence-corrected chi connectivity index (χ3v) is 6.23. The zero-order chi connectivity index (χ0) is 25.2. The molecule has 1 atom stereocenters. The highest BCUT2D eigenvalue weighted by Crippen LogP contribution is 2.25. The van der Waals surface area contributed by atoms with E-state index in [1.54, 1.807) is 12.1 Å². The molecule has 1 aliphatic rings. The third kappa shape index (κ3) is 8.00. The zero-order valence-corrected chi connectivity index (χ0v) is 21.0. The summed E-state index contributed by atoms with van der Waals surface area (Å²) in [5.41, 5.74) is 7.93. The van der Waals surface area contributed by atoms with Crippen molar-refractivity contribution in [1.82, 2.24) is 10.2 Å². The number of halogens is 1. The van der Waals surface area contributed by atoms with E-state index in [0.717, 1.165) is 30.9 Å². The molecule has 36 heavy (non-hydrogen) atoms. The molecule has 3 aromatic carbocycles. The quantitative estimate of drug-likeness (QED) is 0.260. The first-order chi connectivity index (χ1) is 17.5. The van der Waals surface area contributed by atoms with E-state index in [4.69, 9.17) is 22.1 Å². The summed E-state index contributed by atoms with van der Waals surface area (Å²) in [4.78, 5) is 19.7. The number of carbonyl (C=O) groups excluding carboxylic acids is 1. The van der Waals surface area contributed by atoms with Crippen LogP contribution in [0.4, 0.5) is 5.69 Å². The van der Waals surface area contributed by atoms with Crippen LogP contribution in [0.15, 0.2) is 83.9 Å². The standard InChI is InChI=1S/C28H32ClN5O2/c29-22-8-12-24(13-9-22)36-25-14-10-23(11-15-25)32-28(30)33-26(21-6-2-1-3-7-21)20-27(35)31-16-19-34-17-4-5-18-34/h1-3,6-15,26H,4-5,16-20H2,(H,31,35)(H3,30,32,33). The molecule has 1 amide bonds. The lowest BCUT2D eigenvalue weighted by atomic mass is 10.0. The van der Waals surface area contributed by atoms with Gasteiger partial charge in [0.05, 0.1) is 12.5 Å². The molecule has 188 valence electrons. The number of likely N-dealkylation sites (tertiary alicyclic amines) is 1. The molecule has 8 heteroatoms. The predicted molar refractivity (Wildman–Crippen MR) is 146 cm³/mol. The Morgan fingerprint density at radius 3 is 2.28 bits per heavy atom. The number of nitrogens with one attached hydrogen (secondary N) is 2.